The van der Waals surface area contributed by atoms with E-state index in [0.29, 0.717) is 33.6 Å². The fourth-order valence-electron chi connectivity index (χ4n) is 2.60. The lowest BCUT2D eigenvalue weighted by Gasteiger charge is -2.24. The molecule has 2 aromatic rings. The van der Waals surface area contributed by atoms with Gasteiger partial charge in [0, 0.05) is 24.6 Å². The smallest absolute Gasteiger partial charge is 0.308 e. The minimum absolute atomic E-state index is 0.178. The Hall–Kier alpha value is -2.82. The highest BCUT2D eigenvalue weighted by Crippen LogP contribution is 2.48. The minimum atomic E-state index is -0.441. The average molecular weight is 312 g/mol. The average Bonchev–Trinajstić information content (AvgIpc) is 2.49. The number of ether oxygens (including phenoxy) is 3. The van der Waals surface area contributed by atoms with Gasteiger partial charge in [-0.15, -0.1) is 0 Å². The van der Waals surface area contributed by atoms with Crippen LogP contribution in [0.2, 0.25) is 0 Å². The van der Waals surface area contributed by atoms with Gasteiger partial charge >= 0.3 is 11.9 Å². The third-order valence-electron chi connectivity index (χ3n) is 3.44. The summed E-state index contributed by atoms with van der Waals surface area (Å²) in [6.45, 7) is 4.55. The zero-order chi connectivity index (χ0) is 16.6. The van der Waals surface area contributed by atoms with Crippen LogP contribution in [-0.2, 0) is 9.59 Å². The molecule has 0 spiro atoms. The Morgan fingerprint density at radius 2 is 1.57 bits per heavy atom. The van der Waals surface area contributed by atoms with Crippen LogP contribution < -0.4 is 14.2 Å². The van der Waals surface area contributed by atoms with Crippen molar-refractivity contribution in [3.05, 3.63) is 35.9 Å². The van der Waals surface area contributed by atoms with Crippen molar-refractivity contribution in [2.45, 2.75) is 26.9 Å². The van der Waals surface area contributed by atoms with Gasteiger partial charge in [-0.1, -0.05) is 24.3 Å². The van der Waals surface area contributed by atoms with Crippen LogP contribution in [0.1, 0.15) is 26.3 Å². The third-order valence-corrected chi connectivity index (χ3v) is 3.44. The summed E-state index contributed by atoms with van der Waals surface area (Å²) in [7, 11) is 0. The van der Waals surface area contributed by atoms with Crippen molar-refractivity contribution in [2.24, 2.45) is 0 Å². The molecule has 0 unspecified atom stereocenters. The van der Waals surface area contributed by atoms with Gasteiger partial charge in [0.2, 0.25) is 0 Å². The normalized spacial score (nSPS) is 15.7. The van der Waals surface area contributed by atoms with Gasteiger partial charge in [-0.3, -0.25) is 9.59 Å². The largest absolute Gasteiger partial charge is 0.482 e. The molecule has 3 rings (SSSR count). The van der Waals surface area contributed by atoms with Gasteiger partial charge in [0.05, 0.1) is 5.56 Å². The number of carbonyl (C=O) groups is 2. The molecular formula is C18H16O5. The van der Waals surface area contributed by atoms with Crippen molar-refractivity contribution in [2.75, 3.05) is 0 Å². The van der Waals surface area contributed by atoms with Gasteiger partial charge in [0.25, 0.3) is 0 Å². The topological polar surface area (TPSA) is 61.8 Å². The van der Waals surface area contributed by atoms with E-state index >= 15 is 0 Å². The Kier molecular flexibility index (Phi) is 3.78. The maximum absolute atomic E-state index is 11.5. The minimum Gasteiger partial charge on any atom is -0.482 e. The Bertz CT molecular complexity index is 835. The maximum Gasteiger partial charge on any atom is 0.308 e. The van der Waals surface area contributed by atoms with Crippen molar-refractivity contribution in [1.82, 2.24) is 0 Å². The highest BCUT2D eigenvalue weighted by Gasteiger charge is 2.26. The van der Waals surface area contributed by atoms with Crippen molar-refractivity contribution < 1.29 is 23.8 Å². The number of hydrogen-bond donors (Lipinski definition) is 0. The van der Waals surface area contributed by atoms with E-state index in [-0.39, 0.29) is 6.10 Å². The fraction of sp³-hybridized carbons (Fsp3) is 0.222. The molecule has 2 aromatic carbocycles. The van der Waals surface area contributed by atoms with Crippen molar-refractivity contribution in [1.29, 1.82) is 0 Å². The molecule has 5 nitrogen and oxygen atoms in total. The molecule has 5 heteroatoms. The summed E-state index contributed by atoms with van der Waals surface area (Å²) in [5.41, 5.74) is 0.591. The zero-order valence-electron chi connectivity index (χ0n) is 13.1. The molecule has 1 atom stereocenters. The van der Waals surface area contributed by atoms with Crippen LogP contribution in [0.25, 0.3) is 16.8 Å². The second-order valence-electron chi connectivity index (χ2n) is 5.32. The molecule has 0 fully saturated rings. The van der Waals surface area contributed by atoms with Crippen LogP contribution in [0.4, 0.5) is 0 Å². The number of fused-ring (bicyclic) bond motifs is 2. The third kappa shape index (κ3) is 2.77. The molecule has 0 aliphatic carbocycles. The molecule has 118 valence electrons. The van der Waals surface area contributed by atoms with E-state index in [9.17, 15) is 9.59 Å². The van der Waals surface area contributed by atoms with Gasteiger partial charge < -0.3 is 14.2 Å². The highest BCUT2D eigenvalue weighted by atomic mass is 16.6. The van der Waals surface area contributed by atoms with Crippen LogP contribution in [0.3, 0.4) is 0 Å². The van der Waals surface area contributed by atoms with E-state index in [1.165, 1.54) is 13.8 Å². The first-order chi connectivity index (χ1) is 11.0. The highest BCUT2D eigenvalue weighted by molar-refractivity contribution is 6.02. The van der Waals surface area contributed by atoms with Crippen molar-refractivity contribution >= 4 is 28.8 Å². The molecule has 0 amide bonds. The molecule has 0 radical (unpaired) electrons. The van der Waals surface area contributed by atoms with E-state index in [2.05, 4.69) is 0 Å². The van der Waals surface area contributed by atoms with E-state index in [0.717, 1.165) is 0 Å². The first-order valence-electron chi connectivity index (χ1n) is 7.27. The lowest BCUT2D eigenvalue weighted by atomic mass is 10.00. The lowest BCUT2D eigenvalue weighted by Crippen LogP contribution is -2.16. The van der Waals surface area contributed by atoms with Gasteiger partial charge in [-0.2, -0.15) is 0 Å². The second kappa shape index (κ2) is 5.76. The number of rotatable bonds is 2. The van der Waals surface area contributed by atoms with Crippen LogP contribution in [0.5, 0.6) is 17.2 Å². The monoisotopic (exact) mass is 312 g/mol. The molecule has 1 aliphatic heterocycles. The number of benzene rings is 2. The molecule has 23 heavy (non-hydrogen) atoms. The zero-order valence-corrected chi connectivity index (χ0v) is 13.1. The quantitative estimate of drug-likeness (QED) is 0.627. The predicted molar refractivity (Wildman–Crippen MR) is 85.7 cm³/mol. The lowest BCUT2D eigenvalue weighted by molar-refractivity contribution is -0.133. The van der Waals surface area contributed by atoms with E-state index in [1.807, 2.05) is 37.3 Å². The molecule has 0 saturated carbocycles. The fourth-order valence-corrected chi connectivity index (χ4v) is 2.60. The summed E-state index contributed by atoms with van der Waals surface area (Å²) in [6, 6.07) is 7.26. The molecule has 0 aromatic heterocycles. The summed E-state index contributed by atoms with van der Waals surface area (Å²) in [5.74, 6) is 0.288. The molecular weight excluding hydrogens is 296 g/mol. The number of carbonyl (C=O) groups excluding carboxylic acids is 2. The van der Waals surface area contributed by atoms with Crippen LogP contribution in [0.15, 0.2) is 30.3 Å². The van der Waals surface area contributed by atoms with Crippen molar-refractivity contribution in [3.8, 4) is 17.2 Å². The van der Waals surface area contributed by atoms with Crippen LogP contribution >= 0.6 is 0 Å². The van der Waals surface area contributed by atoms with Gasteiger partial charge in [-0.05, 0) is 19.1 Å². The number of esters is 2. The summed E-state index contributed by atoms with van der Waals surface area (Å²) < 4.78 is 16.6. The SMILES string of the molecule is CC(=O)Oc1c2c(c(OC(C)=O)c3ccccc13)O[C@H](C)C=C2. The van der Waals surface area contributed by atoms with Gasteiger partial charge in [0.15, 0.2) is 11.5 Å². The Labute approximate surface area is 133 Å². The van der Waals surface area contributed by atoms with Gasteiger partial charge in [0.1, 0.15) is 11.9 Å². The predicted octanol–water partition coefficient (Wildman–Crippen LogP) is 3.48. The van der Waals surface area contributed by atoms with Crippen LogP contribution in [0, 0.1) is 0 Å². The second-order valence-corrected chi connectivity index (χ2v) is 5.32. The van der Waals surface area contributed by atoms with E-state index in [1.54, 1.807) is 6.07 Å². The van der Waals surface area contributed by atoms with E-state index in [4.69, 9.17) is 14.2 Å². The molecule has 0 N–H and O–H groups in total. The summed E-state index contributed by atoms with van der Waals surface area (Å²) in [4.78, 5) is 23.0. The molecule has 0 saturated heterocycles. The molecule has 0 bridgehead atoms. The summed E-state index contributed by atoms with van der Waals surface area (Å²) in [5, 5.41) is 1.33. The Morgan fingerprint density at radius 1 is 1.00 bits per heavy atom. The van der Waals surface area contributed by atoms with E-state index < -0.39 is 11.9 Å². The van der Waals surface area contributed by atoms with Crippen molar-refractivity contribution in [3.63, 3.8) is 0 Å². The first kappa shape index (κ1) is 15.1. The maximum atomic E-state index is 11.5. The number of hydrogen-bond acceptors (Lipinski definition) is 5. The van der Waals surface area contributed by atoms with Gasteiger partial charge in [-0.25, -0.2) is 0 Å². The standard InChI is InChI=1S/C18H16O5/c1-10-8-9-15-16(22-11(2)19)13-6-4-5-7-14(13)17(18(15)21-10)23-12(3)20/h4-10H,1-3H3/t10-/m1/s1. The first-order valence-corrected chi connectivity index (χ1v) is 7.27. The van der Waals surface area contributed by atoms with Crippen LogP contribution in [-0.4, -0.2) is 18.0 Å². The summed E-state index contributed by atoms with van der Waals surface area (Å²) in [6.07, 6.45) is 3.49. The summed E-state index contributed by atoms with van der Waals surface area (Å²) >= 11 is 0. The Morgan fingerprint density at radius 3 is 2.17 bits per heavy atom. The molecule has 1 heterocycles. The molecule has 1 aliphatic rings. The Balaban J connectivity index is 2.38.